The summed E-state index contributed by atoms with van der Waals surface area (Å²) in [5.74, 6) is 1.79. The van der Waals surface area contributed by atoms with Crippen LogP contribution in [0.5, 0.6) is 11.5 Å². The maximum atomic E-state index is 6.65. The van der Waals surface area contributed by atoms with Gasteiger partial charge in [0.1, 0.15) is 11.5 Å². The van der Waals surface area contributed by atoms with Gasteiger partial charge in [-0.05, 0) is 106 Å². The van der Waals surface area contributed by atoms with Crippen LogP contribution in [0.25, 0.3) is 98.4 Å². The van der Waals surface area contributed by atoms with E-state index in [-0.39, 0.29) is 0 Å². The molecule has 1 heteroatoms. The van der Waals surface area contributed by atoms with Gasteiger partial charge in [0.25, 0.3) is 0 Å². The van der Waals surface area contributed by atoms with Crippen molar-refractivity contribution in [3.63, 3.8) is 0 Å². The van der Waals surface area contributed by atoms with Crippen molar-refractivity contribution >= 4 is 53.9 Å². The van der Waals surface area contributed by atoms with Crippen LogP contribution in [0.4, 0.5) is 0 Å². The third-order valence-corrected chi connectivity index (χ3v) is 10.9. The number of rotatable bonds is 3. The number of ether oxygens (including phenoxy) is 1. The molecule has 51 heavy (non-hydrogen) atoms. The van der Waals surface area contributed by atoms with E-state index in [9.17, 15) is 0 Å². The molecule has 0 bridgehead atoms. The summed E-state index contributed by atoms with van der Waals surface area (Å²) >= 11 is 0. The zero-order valence-corrected chi connectivity index (χ0v) is 27.7. The third-order valence-electron chi connectivity index (χ3n) is 10.9. The lowest BCUT2D eigenvalue weighted by Gasteiger charge is -2.24. The maximum Gasteiger partial charge on any atom is 0.135 e. The molecule has 0 atom stereocenters. The molecule has 1 heterocycles. The molecule has 1 aliphatic rings. The van der Waals surface area contributed by atoms with E-state index in [1.54, 1.807) is 0 Å². The Labute approximate surface area is 295 Å². The lowest BCUT2D eigenvalue weighted by Crippen LogP contribution is -1.99. The van der Waals surface area contributed by atoms with Crippen molar-refractivity contribution < 1.29 is 4.74 Å². The Morgan fingerprint density at radius 2 is 0.882 bits per heavy atom. The zero-order chi connectivity index (χ0) is 33.5. The second-order valence-corrected chi connectivity index (χ2v) is 13.5. The molecule has 0 amide bonds. The summed E-state index contributed by atoms with van der Waals surface area (Å²) in [6.07, 6.45) is 0. The van der Waals surface area contributed by atoms with Crippen LogP contribution in [0, 0.1) is 0 Å². The second-order valence-electron chi connectivity index (χ2n) is 13.5. The summed E-state index contributed by atoms with van der Waals surface area (Å²) in [6.45, 7) is 0. The molecule has 236 valence electrons. The van der Waals surface area contributed by atoms with E-state index in [0.29, 0.717) is 0 Å². The first kappa shape index (κ1) is 28.2. The SMILES string of the molecule is c1ccc(-c2ccc3c4c(cccc24)-c2cc(-c4c5ccccc5c(-c5cccc6c5ccc5ccccc56)c5ccccc45)ccc2O3)cc1. The van der Waals surface area contributed by atoms with Crippen LogP contribution in [0.2, 0.25) is 0 Å². The van der Waals surface area contributed by atoms with Crippen LogP contribution in [-0.4, -0.2) is 0 Å². The maximum absolute atomic E-state index is 6.65. The Bertz CT molecular complexity index is 2990. The zero-order valence-electron chi connectivity index (χ0n) is 27.7. The highest BCUT2D eigenvalue weighted by atomic mass is 16.5. The van der Waals surface area contributed by atoms with Crippen LogP contribution in [0.15, 0.2) is 182 Å². The number of hydrogen-bond acceptors (Lipinski definition) is 1. The van der Waals surface area contributed by atoms with Crippen molar-refractivity contribution in [3.05, 3.63) is 182 Å². The minimum atomic E-state index is 0.888. The molecule has 0 saturated heterocycles. The van der Waals surface area contributed by atoms with E-state index in [4.69, 9.17) is 4.74 Å². The van der Waals surface area contributed by atoms with Gasteiger partial charge in [0.2, 0.25) is 0 Å². The molecule has 0 fully saturated rings. The molecule has 0 saturated carbocycles. The minimum absolute atomic E-state index is 0.888. The average Bonchev–Trinajstić information content (AvgIpc) is 3.20. The quantitative estimate of drug-likeness (QED) is 0.137. The monoisotopic (exact) mass is 646 g/mol. The fourth-order valence-corrected chi connectivity index (χ4v) is 8.64. The van der Waals surface area contributed by atoms with Crippen LogP contribution in [0.3, 0.4) is 0 Å². The van der Waals surface area contributed by atoms with Crippen molar-refractivity contribution in [2.75, 3.05) is 0 Å². The van der Waals surface area contributed by atoms with Gasteiger partial charge in [0.15, 0.2) is 0 Å². The summed E-state index contributed by atoms with van der Waals surface area (Å²) in [5.41, 5.74) is 9.71. The molecule has 1 nitrogen and oxygen atoms in total. The van der Waals surface area contributed by atoms with E-state index in [0.717, 1.165) is 22.4 Å². The molecule has 0 radical (unpaired) electrons. The molecule has 1 aliphatic heterocycles. The molecule has 10 aromatic rings. The van der Waals surface area contributed by atoms with Crippen molar-refractivity contribution in [2.45, 2.75) is 0 Å². The molecule has 0 spiro atoms. The van der Waals surface area contributed by atoms with E-state index < -0.39 is 0 Å². The van der Waals surface area contributed by atoms with Crippen LogP contribution in [0.1, 0.15) is 0 Å². The van der Waals surface area contributed by atoms with Crippen LogP contribution >= 0.6 is 0 Å². The molecule has 0 unspecified atom stereocenters. The van der Waals surface area contributed by atoms with Crippen LogP contribution < -0.4 is 4.74 Å². The van der Waals surface area contributed by atoms with E-state index in [1.165, 1.54) is 87.4 Å². The fourth-order valence-electron chi connectivity index (χ4n) is 8.64. The predicted octanol–water partition coefficient (Wildman–Crippen LogP) is 14.2. The lowest BCUT2D eigenvalue weighted by atomic mass is 9.83. The molecular weight excluding hydrogens is 617 g/mol. The molecule has 0 N–H and O–H groups in total. The van der Waals surface area contributed by atoms with Gasteiger partial charge in [-0.1, -0.05) is 164 Å². The van der Waals surface area contributed by atoms with Gasteiger partial charge in [0.05, 0.1) is 0 Å². The minimum Gasteiger partial charge on any atom is -0.456 e. The highest BCUT2D eigenvalue weighted by molar-refractivity contribution is 6.25. The number of fused-ring (bicyclic) bond motifs is 7. The molecule has 0 aromatic heterocycles. The lowest BCUT2D eigenvalue weighted by molar-refractivity contribution is 0.487. The number of benzene rings is 10. The predicted molar refractivity (Wildman–Crippen MR) is 216 cm³/mol. The van der Waals surface area contributed by atoms with Gasteiger partial charge in [-0.25, -0.2) is 0 Å². The Hall–Kier alpha value is -6.70. The van der Waals surface area contributed by atoms with Crippen LogP contribution in [-0.2, 0) is 0 Å². The fraction of sp³-hybridized carbons (Fsp3) is 0. The Balaban J connectivity index is 1.17. The molecule has 10 aromatic carbocycles. The van der Waals surface area contributed by atoms with Gasteiger partial charge in [-0.15, -0.1) is 0 Å². The first-order valence-electron chi connectivity index (χ1n) is 17.6. The smallest absolute Gasteiger partial charge is 0.135 e. The summed E-state index contributed by atoms with van der Waals surface area (Å²) in [7, 11) is 0. The Morgan fingerprint density at radius 3 is 1.65 bits per heavy atom. The number of hydrogen-bond donors (Lipinski definition) is 0. The molecule has 0 aliphatic carbocycles. The van der Waals surface area contributed by atoms with Gasteiger partial charge in [0, 0.05) is 10.9 Å². The average molecular weight is 647 g/mol. The topological polar surface area (TPSA) is 9.23 Å². The van der Waals surface area contributed by atoms with E-state index >= 15 is 0 Å². The third kappa shape index (κ3) is 4.16. The summed E-state index contributed by atoms with van der Waals surface area (Å²) in [6, 6.07) is 66.2. The van der Waals surface area contributed by atoms with E-state index in [1.807, 2.05) is 0 Å². The molecule has 11 rings (SSSR count). The summed E-state index contributed by atoms with van der Waals surface area (Å²) in [4.78, 5) is 0. The van der Waals surface area contributed by atoms with Gasteiger partial charge < -0.3 is 4.74 Å². The first-order valence-corrected chi connectivity index (χ1v) is 17.6. The first-order chi connectivity index (χ1) is 25.3. The summed E-state index contributed by atoms with van der Waals surface area (Å²) in [5, 5.41) is 12.4. The Morgan fingerprint density at radius 1 is 0.275 bits per heavy atom. The standard InChI is InChI=1S/C50H30O/c1-2-12-31(13-3-1)35-27-29-47-50-38(35)21-11-23-44(50)45-30-33(25-28-46(45)51-47)48-40-16-6-8-18-42(40)49(43-19-9-7-17-41(43)48)39-22-10-20-36-34-15-5-4-14-32(34)24-26-37(36)39/h1-30H. The second kappa shape index (κ2) is 10.9. The highest BCUT2D eigenvalue weighted by Crippen LogP contribution is 2.51. The van der Waals surface area contributed by atoms with E-state index in [2.05, 4.69) is 182 Å². The van der Waals surface area contributed by atoms with Gasteiger partial charge >= 0.3 is 0 Å². The summed E-state index contributed by atoms with van der Waals surface area (Å²) < 4.78 is 6.65. The van der Waals surface area contributed by atoms with Gasteiger partial charge in [-0.2, -0.15) is 0 Å². The van der Waals surface area contributed by atoms with Crippen molar-refractivity contribution in [3.8, 4) is 56.0 Å². The molecular formula is C50H30O. The van der Waals surface area contributed by atoms with Crippen molar-refractivity contribution in [1.29, 1.82) is 0 Å². The largest absolute Gasteiger partial charge is 0.456 e. The van der Waals surface area contributed by atoms with Crippen molar-refractivity contribution in [2.24, 2.45) is 0 Å². The van der Waals surface area contributed by atoms with Gasteiger partial charge in [-0.3, -0.25) is 0 Å². The Kier molecular flexibility index (Phi) is 6.02. The normalized spacial score (nSPS) is 12.1. The highest BCUT2D eigenvalue weighted by Gasteiger charge is 2.24. The van der Waals surface area contributed by atoms with Crippen molar-refractivity contribution in [1.82, 2.24) is 0 Å².